The van der Waals surface area contributed by atoms with Crippen LogP contribution in [0, 0.1) is 16.7 Å². The Balaban J connectivity index is 2.25. The molecule has 2 nitrogen and oxygen atoms in total. The van der Waals surface area contributed by atoms with Gasteiger partial charge in [-0.25, -0.2) is 0 Å². The van der Waals surface area contributed by atoms with E-state index in [9.17, 15) is 10.4 Å². The average molecular weight is 229 g/mol. The Kier molecular flexibility index (Phi) is 3.81. The minimum Gasteiger partial charge on any atom is -0.387 e. The molecule has 1 fully saturated rings. The first-order valence-electron chi connectivity index (χ1n) is 6.43. The van der Waals surface area contributed by atoms with Crippen LogP contribution in [0.4, 0.5) is 0 Å². The van der Waals surface area contributed by atoms with E-state index in [1.165, 1.54) is 12.8 Å². The van der Waals surface area contributed by atoms with Gasteiger partial charge in [0.15, 0.2) is 0 Å². The van der Waals surface area contributed by atoms with Gasteiger partial charge in [-0.3, -0.25) is 0 Å². The molecular formula is C15H19NO. The van der Waals surface area contributed by atoms with Crippen LogP contribution < -0.4 is 0 Å². The molecule has 1 aliphatic carbocycles. The summed E-state index contributed by atoms with van der Waals surface area (Å²) in [4.78, 5) is 0. The van der Waals surface area contributed by atoms with E-state index >= 15 is 0 Å². The molecule has 2 heteroatoms. The highest BCUT2D eigenvalue weighted by molar-refractivity contribution is 5.23. The zero-order valence-corrected chi connectivity index (χ0v) is 10.1. The van der Waals surface area contributed by atoms with E-state index in [-0.39, 0.29) is 0 Å². The van der Waals surface area contributed by atoms with Gasteiger partial charge in [0, 0.05) is 0 Å². The Morgan fingerprint density at radius 1 is 1.06 bits per heavy atom. The Hall–Kier alpha value is -1.33. The molecule has 90 valence electrons. The Morgan fingerprint density at radius 3 is 2.18 bits per heavy atom. The van der Waals surface area contributed by atoms with Gasteiger partial charge in [0.05, 0.1) is 17.6 Å². The average Bonchev–Trinajstić information content (AvgIpc) is 2.65. The van der Waals surface area contributed by atoms with Crippen LogP contribution in [0.3, 0.4) is 0 Å². The van der Waals surface area contributed by atoms with Gasteiger partial charge in [0.2, 0.25) is 0 Å². The second-order valence-corrected chi connectivity index (χ2v) is 5.00. The molecule has 0 heterocycles. The topological polar surface area (TPSA) is 44.0 Å². The van der Waals surface area contributed by atoms with Gasteiger partial charge in [-0.1, -0.05) is 56.0 Å². The normalized spacial score (nSPS) is 21.2. The highest BCUT2D eigenvalue weighted by atomic mass is 16.3. The van der Waals surface area contributed by atoms with Crippen LogP contribution >= 0.6 is 0 Å². The molecular weight excluding hydrogens is 210 g/mol. The number of nitrogens with zero attached hydrogens (tertiary/aromatic N) is 1. The zero-order chi connectivity index (χ0) is 12.1. The van der Waals surface area contributed by atoms with Gasteiger partial charge in [0.25, 0.3) is 0 Å². The maximum atomic E-state index is 10.5. The largest absolute Gasteiger partial charge is 0.387 e. The summed E-state index contributed by atoms with van der Waals surface area (Å²) < 4.78 is 0. The van der Waals surface area contributed by atoms with Crippen LogP contribution in [-0.2, 0) is 0 Å². The Morgan fingerprint density at radius 2 is 1.65 bits per heavy atom. The molecule has 0 spiro atoms. The number of aliphatic hydroxyl groups is 1. The lowest BCUT2D eigenvalue weighted by molar-refractivity contribution is 0.0516. The molecule has 1 aromatic carbocycles. The van der Waals surface area contributed by atoms with Crippen molar-refractivity contribution >= 4 is 0 Å². The van der Waals surface area contributed by atoms with Gasteiger partial charge in [-0.2, -0.15) is 5.26 Å². The second-order valence-electron chi connectivity index (χ2n) is 5.00. The lowest BCUT2D eigenvalue weighted by atomic mass is 9.74. The van der Waals surface area contributed by atoms with Gasteiger partial charge in [-0.05, 0) is 18.4 Å². The molecule has 0 radical (unpaired) electrons. The summed E-state index contributed by atoms with van der Waals surface area (Å²) in [7, 11) is 0. The quantitative estimate of drug-likeness (QED) is 0.788. The molecule has 0 saturated heterocycles. The number of benzene rings is 1. The maximum Gasteiger partial charge on any atom is 0.0976 e. The summed E-state index contributed by atoms with van der Waals surface area (Å²) in [6.07, 6.45) is 5.47. The van der Waals surface area contributed by atoms with E-state index in [1.807, 2.05) is 30.3 Å². The molecule has 1 unspecified atom stereocenters. The predicted octanol–water partition coefficient (Wildman–Crippen LogP) is 3.58. The fourth-order valence-electron chi connectivity index (χ4n) is 2.76. The second kappa shape index (κ2) is 5.33. The molecule has 2 rings (SSSR count). The van der Waals surface area contributed by atoms with Crippen LogP contribution in [-0.4, -0.2) is 5.11 Å². The Bertz CT molecular complexity index is 385. The van der Waals surface area contributed by atoms with Crippen molar-refractivity contribution < 1.29 is 5.11 Å². The van der Waals surface area contributed by atoms with Crippen molar-refractivity contribution in [1.29, 1.82) is 5.26 Å². The summed E-state index contributed by atoms with van der Waals surface area (Å²) in [5.74, 6) is 0. The zero-order valence-electron chi connectivity index (χ0n) is 10.1. The van der Waals surface area contributed by atoms with Crippen molar-refractivity contribution in [3.8, 4) is 6.07 Å². The molecule has 0 aliphatic heterocycles. The summed E-state index contributed by atoms with van der Waals surface area (Å²) in [5, 5.41) is 20.0. The first-order valence-corrected chi connectivity index (χ1v) is 6.43. The third kappa shape index (κ3) is 2.50. The van der Waals surface area contributed by atoms with Crippen LogP contribution in [0.5, 0.6) is 0 Å². The Labute approximate surface area is 103 Å². The highest BCUT2D eigenvalue weighted by Crippen LogP contribution is 2.44. The van der Waals surface area contributed by atoms with Crippen LogP contribution in [0.1, 0.15) is 50.2 Å². The lowest BCUT2D eigenvalue weighted by Gasteiger charge is -2.30. The lowest BCUT2D eigenvalue weighted by Crippen LogP contribution is -2.26. The van der Waals surface area contributed by atoms with E-state index in [0.717, 1.165) is 31.2 Å². The van der Waals surface area contributed by atoms with Crippen molar-refractivity contribution in [2.75, 3.05) is 0 Å². The smallest absolute Gasteiger partial charge is 0.0976 e. The minimum absolute atomic E-state index is 0.572. The summed E-state index contributed by atoms with van der Waals surface area (Å²) >= 11 is 0. The molecule has 1 N–H and O–H groups in total. The van der Waals surface area contributed by atoms with Gasteiger partial charge >= 0.3 is 0 Å². The van der Waals surface area contributed by atoms with E-state index in [0.29, 0.717) is 0 Å². The minimum atomic E-state index is -0.646. The molecule has 1 aromatic rings. The number of aliphatic hydroxyl groups excluding tert-OH is 1. The molecule has 1 aliphatic rings. The fraction of sp³-hybridized carbons (Fsp3) is 0.533. The van der Waals surface area contributed by atoms with Gasteiger partial charge < -0.3 is 5.11 Å². The summed E-state index contributed by atoms with van der Waals surface area (Å²) in [5.41, 5.74) is 0.300. The first kappa shape index (κ1) is 12.1. The first-order chi connectivity index (χ1) is 8.28. The van der Waals surface area contributed by atoms with Crippen molar-refractivity contribution in [3.63, 3.8) is 0 Å². The number of nitriles is 1. The SMILES string of the molecule is N#CC1(C(O)c2ccccc2)CCCCCC1. The molecule has 1 saturated carbocycles. The van der Waals surface area contributed by atoms with Crippen molar-refractivity contribution in [2.24, 2.45) is 5.41 Å². The monoisotopic (exact) mass is 229 g/mol. The number of rotatable bonds is 2. The van der Waals surface area contributed by atoms with Crippen molar-refractivity contribution in [1.82, 2.24) is 0 Å². The highest BCUT2D eigenvalue weighted by Gasteiger charge is 2.39. The predicted molar refractivity (Wildman–Crippen MR) is 67.1 cm³/mol. The molecule has 0 aromatic heterocycles. The van der Waals surface area contributed by atoms with Crippen LogP contribution in [0.25, 0.3) is 0 Å². The van der Waals surface area contributed by atoms with Gasteiger partial charge in [0.1, 0.15) is 0 Å². The standard InChI is InChI=1S/C15H19NO/c16-12-15(10-6-1-2-7-11-15)14(17)13-8-4-3-5-9-13/h3-5,8-9,14,17H,1-2,6-7,10-11H2. The third-order valence-electron chi connectivity index (χ3n) is 3.86. The molecule has 0 bridgehead atoms. The molecule has 1 atom stereocenters. The van der Waals surface area contributed by atoms with Crippen LogP contribution in [0.15, 0.2) is 30.3 Å². The van der Waals surface area contributed by atoms with Gasteiger partial charge in [-0.15, -0.1) is 0 Å². The van der Waals surface area contributed by atoms with E-state index < -0.39 is 11.5 Å². The number of hydrogen-bond acceptors (Lipinski definition) is 2. The maximum absolute atomic E-state index is 10.5. The molecule has 0 amide bonds. The number of hydrogen-bond donors (Lipinski definition) is 1. The fourth-order valence-corrected chi connectivity index (χ4v) is 2.76. The van der Waals surface area contributed by atoms with Crippen molar-refractivity contribution in [2.45, 2.75) is 44.6 Å². The third-order valence-corrected chi connectivity index (χ3v) is 3.86. The van der Waals surface area contributed by atoms with E-state index in [2.05, 4.69) is 6.07 Å². The molecule has 17 heavy (non-hydrogen) atoms. The van der Waals surface area contributed by atoms with Crippen molar-refractivity contribution in [3.05, 3.63) is 35.9 Å². The van der Waals surface area contributed by atoms with Crippen LogP contribution in [0.2, 0.25) is 0 Å². The van der Waals surface area contributed by atoms with E-state index in [4.69, 9.17) is 0 Å². The summed E-state index contributed by atoms with van der Waals surface area (Å²) in [6.45, 7) is 0. The summed E-state index contributed by atoms with van der Waals surface area (Å²) in [6, 6.07) is 12.0. The van der Waals surface area contributed by atoms with E-state index in [1.54, 1.807) is 0 Å².